The number of nitrogens with one attached hydrogen (secondary N) is 2. The first-order chi connectivity index (χ1) is 13.3. The molecular formula is C17H25ClF3N3O4S. The molecule has 29 heavy (non-hydrogen) atoms. The van der Waals surface area contributed by atoms with E-state index in [1.165, 1.54) is 0 Å². The van der Waals surface area contributed by atoms with Crippen molar-refractivity contribution in [3.63, 3.8) is 0 Å². The molecule has 0 aliphatic carbocycles. The van der Waals surface area contributed by atoms with Gasteiger partial charge in [0.1, 0.15) is 0 Å². The van der Waals surface area contributed by atoms with Gasteiger partial charge in [0.05, 0.1) is 15.6 Å². The zero-order valence-corrected chi connectivity index (χ0v) is 17.9. The van der Waals surface area contributed by atoms with Gasteiger partial charge < -0.3 is 15.3 Å². The Kier molecular flexibility index (Phi) is 8.90. The molecule has 0 aromatic heterocycles. The van der Waals surface area contributed by atoms with Gasteiger partial charge in [0.25, 0.3) is 5.91 Å². The number of alkyl halides is 3. The van der Waals surface area contributed by atoms with E-state index in [0.29, 0.717) is 13.3 Å². The smallest absolute Gasteiger partial charge is 0.373 e. The van der Waals surface area contributed by atoms with Gasteiger partial charge in [0.2, 0.25) is 15.6 Å². The molecule has 0 unspecified atom stereocenters. The summed E-state index contributed by atoms with van der Waals surface area (Å²) < 4.78 is 65.2. The fraction of sp³-hybridized carbons (Fsp3) is 0.588. The average Bonchev–Trinajstić information content (AvgIpc) is 2.62. The minimum atomic E-state index is -5.19. The highest BCUT2D eigenvalue weighted by molar-refractivity contribution is 7.89. The summed E-state index contributed by atoms with van der Waals surface area (Å²) >= 11 is 5.91. The van der Waals surface area contributed by atoms with Crippen LogP contribution in [0.5, 0.6) is 0 Å². The third-order valence-corrected chi connectivity index (χ3v) is 6.10. The van der Waals surface area contributed by atoms with E-state index in [1.54, 1.807) is 0 Å². The molecule has 0 aliphatic rings. The predicted octanol–water partition coefficient (Wildman–Crippen LogP) is 2.60. The minimum Gasteiger partial charge on any atom is -0.373 e. The molecule has 0 fully saturated rings. The van der Waals surface area contributed by atoms with Crippen molar-refractivity contribution in [2.24, 2.45) is 0 Å². The maximum atomic E-state index is 12.7. The zero-order chi connectivity index (χ0) is 22.5. The van der Waals surface area contributed by atoms with Crippen molar-refractivity contribution in [1.29, 1.82) is 0 Å². The van der Waals surface area contributed by atoms with Gasteiger partial charge in [-0.05, 0) is 51.2 Å². The normalized spacial score (nSPS) is 14.7. The topological polar surface area (TPSA) is 98.7 Å². The maximum Gasteiger partial charge on any atom is 0.426 e. The van der Waals surface area contributed by atoms with Crippen LogP contribution in [-0.4, -0.2) is 62.3 Å². The third-order valence-electron chi connectivity index (χ3n) is 4.33. The van der Waals surface area contributed by atoms with Crippen LogP contribution in [0, 0.1) is 0 Å². The Hall–Kier alpha value is -1.40. The van der Waals surface area contributed by atoms with E-state index in [-0.39, 0.29) is 22.2 Å². The van der Waals surface area contributed by atoms with E-state index in [2.05, 4.69) is 9.62 Å². The van der Waals surface area contributed by atoms with Crippen LogP contribution >= 0.6 is 11.6 Å². The number of sulfonamides is 1. The number of hydrogen-bond acceptors (Lipinski definition) is 5. The van der Waals surface area contributed by atoms with Gasteiger partial charge in [-0.1, -0.05) is 25.4 Å². The second kappa shape index (κ2) is 10.1. The summed E-state index contributed by atoms with van der Waals surface area (Å²) in [4.78, 5) is 13.7. The van der Waals surface area contributed by atoms with Crippen LogP contribution in [0.15, 0.2) is 23.1 Å². The lowest BCUT2D eigenvalue weighted by Gasteiger charge is -2.25. The van der Waals surface area contributed by atoms with Crippen LogP contribution in [0.25, 0.3) is 0 Å². The zero-order valence-electron chi connectivity index (χ0n) is 16.3. The van der Waals surface area contributed by atoms with Crippen molar-refractivity contribution < 1.29 is 31.5 Å². The Bertz CT molecular complexity index is 813. The molecule has 0 bridgehead atoms. The fourth-order valence-corrected chi connectivity index (χ4v) is 3.66. The van der Waals surface area contributed by atoms with E-state index < -0.39 is 27.7 Å². The standard InChI is InChI=1S/C17H25ClF3N3O4S/c1-4-24(5-2)10-6-9-22-29(27,28)12-7-8-14(13(18)11-12)23-15(25)16(3,26)17(19,20)21/h7-8,11,22,26H,4-6,9-10H2,1-3H3,(H,23,25)/t16-/m1/s1. The fourth-order valence-electron chi connectivity index (χ4n) is 2.27. The Morgan fingerprint density at radius 3 is 2.31 bits per heavy atom. The average molecular weight is 460 g/mol. The van der Waals surface area contributed by atoms with Crippen molar-refractivity contribution >= 4 is 33.2 Å². The van der Waals surface area contributed by atoms with E-state index in [4.69, 9.17) is 11.6 Å². The van der Waals surface area contributed by atoms with Crippen molar-refractivity contribution in [1.82, 2.24) is 9.62 Å². The van der Waals surface area contributed by atoms with E-state index >= 15 is 0 Å². The molecule has 12 heteroatoms. The molecular weight excluding hydrogens is 435 g/mol. The molecule has 1 atom stereocenters. The lowest BCUT2D eigenvalue weighted by molar-refractivity contribution is -0.242. The first kappa shape index (κ1) is 25.6. The van der Waals surface area contributed by atoms with Crippen LogP contribution in [0.3, 0.4) is 0 Å². The summed E-state index contributed by atoms with van der Waals surface area (Å²) in [7, 11) is -3.89. The van der Waals surface area contributed by atoms with Crippen LogP contribution < -0.4 is 10.0 Å². The quantitative estimate of drug-likeness (QED) is 0.467. The number of carbonyl (C=O) groups is 1. The third kappa shape index (κ3) is 6.82. The van der Waals surface area contributed by atoms with Gasteiger partial charge in [0, 0.05) is 6.54 Å². The highest BCUT2D eigenvalue weighted by atomic mass is 35.5. The van der Waals surface area contributed by atoms with Gasteiger partial charge in [-0.3, -0.25) is 4.79 Å². The monoisotopic (exact) mass is 459 g/mol. The molecule has 1 aromatic rings. The summed E-state index contributed by atoms with van der Waals surface area (Å²) in [6.45, 7) is 6.94. The molecule has 0 radical (unpaired) electrons. The van der Waals surface area contributed by atoms with Gasteiger partial charge in [0.15, 0.2) is 0 Å². The van der Waals surface area contributed by atoms with Gasteiger partial charge >= 0.3 is 6.18 Å². The van der Waals surface area contributed by atoms with E-state index in [1.807, 2.05) is 19.2 Å². The summed E-state index contributed by atoms with van der Waals surface area (Å²) in [5.74, 6) is -1.74. The Balaban J connectivity index is 2.82. The number of amides is 1. The number of halogens is 4. The number of nitrogens with zero attached hydrogens (tertiary/aromatic N) is 1. The van der Waals surface area contributed by atoms with Crippen LogP contribution in [0.4, 0.5) is 18.9 Å². The van der Waals surface area contributed by atoms with Crippen molar-refractivity contribution in [2.45, 2.75) is 43.9 Å². The van der Waals surface area contributed by atoms with E-state index in [9.17, 15) is 31.5 Å². The molecule has 1 amide bonds. The largest absolute Gasteiger partial charge is 0.426 e. The summed E-state index contributed by atoms with van der Waals surface area (Å²) in [5, 5.41) is 10.9. The van der Waals surface area contributed by atoms with Crippen LogP contribution in [0.2, 0.25) is 5.02 Å². The van der Waals surface area contributed by atoms with Gasteiger partial charge in [-0.25, -0.2) is 13.1 Å². The molecule has 0 saturated heterocycles. The second-order valence-electron chi connectivity index (χ2n) is 6.44. The molecule has 7 nitrogen and oxygen atoms in total. The van der Waals surface area contributed by atoms with E-state index in [0.717, 1.165) is 37.8 Å². The highest BCUT2D eigenvalue weighted by Gasteiger charge is 2.55. The first-order valence-electron chi connectivity index (χ1n) is 8.88. The molecule has 1 rings (SSSR count). The Morgan fingerprint density at radius 1 is 1.24 bits per heavy atom. The number of carbonyl (C=O) groups excluding carboxylic acids is 1. The number of rotatable bonds is 10. The molecule has 3 N–H and O–H groups in total. The molecule has 166 valence electrons. The molecule has 0 spiro atoms. The Morgan fingerprint density at radius 2 is 1.83 bits per heavy atom. The summed E-state index contributed by atoms with van der Waals surface area (Å²) in [6.07, 6.45) is -4.60. The van der Waals surface area contributed by atoms with Gasteiger partial charge in [-0.2, -0.15) is 13.2 Å². The molecule has 0 aliphatic heterocycles. The molecule has 1 aromatic carbocycles. The SMILES string of the molecule is CCN(CC)CCCNS(=O)(=O)c1ccc(NC(=O)[C@@](C)(O)C(F)(F)F)c(Cl)c1. The number of aliphatic hydroxyl groups is 1. The summed E-state index contributed by atoms with van der Waals surface area (Å²) in [6, 6.07) is 3.15. The maximum absolute atomic E-state index is 12.7. The Labute approximate surface area is 173 Å². The number of benzene rings is 1. The minimum absolute atomic E-state index is 0.198. The second-order valence-corrected chi connectivity index (χ2v) is 8.62. The predicted molar refractivity (Wildman–Crippen MR) is 104 cm³/mol. The van der Waals surface area contributed by atoms with Crippen molar-refractivity contribution in [3.05, 3.63) is 23.2 Å². The number of hydrogen-bond donors (Lipinski definition) is 3. The van der Waals surface area contributed by atoms with Gasteiger partial charge in [-0.15, -0.1) is 0 Å². The lowest BCUT2D eigenvalue weighted by Crippen LogP contribution is -2.52. The number of anilines is 1. The molecule has 0 saturated carbocycles. The summed E-state index contributed by atoms with van der Waals surface area (Å²) in [5.41, 5.74) is -3.89. The first-order valence-corrected chi connectivity index (χ1v) is 10.7. The van der Waals surface area contributed by atoms with Crippen molar-refractivity contribution in [2.75, 3.05) is 31.5 Å². The van der Waals surface area contributed by atoms with Crippen LogP contribution in [0.1, 0.15) is 27.2 Å². The lowest BCUT2D eigenvalue weighted by atomic mass is 10.1. The van der Waals surface area contributed by atoms with Crippen molar-refractivity contribution in [3.8, 4) is 0 Å². The highest BCUT2D eigenvalue weighted by Crippen LogP contribution is 2.32. The molecule has 0 heterocycles. The van der Waals surface area contributed by atoms with Crippen LogP contribution in [-0.2, 0) is 14.8 Å².